The monoisotopic (exact) mass is 259 g/mol. The Morgan fingerprint density at radius 1 is 1.37 bits per heavy atom. The zero-order valence-electron chi connectivity index (χ0n) is 11.3. The van der Waals surface area contributed by atoms with Gasteiger partial charge in [-0.3, -0.25) is 9.69 Å². The summed E-state index contributed by atoms with van der Waals surface area (Å²) >= 11 is 0. The first kappa shape index (κ1) is 12.5. The number of amides is 1. The maximum atomic E-state index is 11.8. The average molecular weight is 259 g/mol. The number of nitrogens with one attached hydrogen (secondary N) is 1. The van der Waals surface area contributed by atoms with Crippen LogP contribution in [0, 0.1) is 5.92 Å². The van der Waals surface area contributed by atoms with Crippen molar-refractivity contribution >= 4 is 11.6 Å². The van der Waals surface area contributed by atoms with Gasteiger partial charge < -0.3 is 11.1 Å². The van der Waals surface area contributed by atoms with Gasteiger partial charge in [0.1, 0.15) is 0 Å². The van der Waals surface area contributed by atoms with Crippen LogP contribution in [0.2, 0.25) is 0 Å². The van der Waals surface area contributed by atoms with E-state index in [0.717, 1.165) is 31.6 Å². The van der Waals surface area contributed by atoms with Gasteiger partial charge in [0.25, 0.3) is 0 Å². The second-order valence-electron chi connectivity index (χ2n) is 5.64. The molecule has 3 rings (SSSR count). The van der Waals surface area contributed by atoms with Crippen molar-refractivity contribution in [3.8, 4) is 0 Å². The van der Waals surface area contributed by atoms with E-state index in [0.29, 0.717) is 12.1 Å². The summed E-state index contributed by atoms with van der Waals surface area (Å²) < 4.78 is 0. The van der Waals surface area contributed by atoms with Gasteiger partial charge in [-0.25, -0.2) is 0 Å². The van der Waals surface area contributed by atoms with E-state index in [9.17, 15) is 4.79 Å². The van der Waals surface area contributed by atoms with Gasteiger partial charge in [-0.2, -0.15) is 0 Å². The van der Waals surface area contributed by atoms with Gasteiger partial charge in [0.2, 0.25) is 5.91 Å². The Balaban J connectivity index is 1.81. The topological polar surface area (TPSA) is 58.4 Å². The van der Waals surface area contributed by atoms with Gasteiger partial charge in [0.05, 0.1) is 5.92 Å². The molecule has 2 fully saturated rings. The van der Waals surface area contributed by atoms with Crippen molar-refractivity contribution in [3.63, 3.8) is 0 Å². The van der Waals surface area contributed by atoms with E-state index < -0.39 is 0 Å². The lowest BCUT2D eigenvalue weighted by Crippen LogP contribution is -2.46. The van der Waals surface area contributed by atoms with Crippen LogP contribution in [0.3, 0.4) is 0 Å². The lowest BCUT2D eigenvalue weighted by molar-refractivity contribution is -0.124. The number of carbonyl (C=O) groups excluding carboxylic acids is 1. The summed E-state index contributed by atoms with van der Waals surface area (Å²) in [4.78, 5) is 14.3. The molecule has 4 nitrogen and oxygen atoms in total. The molecule has 19 heavy (non-hydrogen) atoms. The molecule has 3 unspecified atom stereocenters. The van der Waals surface area contributed by atoms with Crippen LogP contribution in [0.1, 0.15) is 31.4 Å². The number of benzene rings is 1. The molecule has 1 amide bonds. The quantitative estimate of drug-likeness (QED) is 0.792. The molecule has 0 saturated carbocycles. The van der Waals surface area contributed by atoms with Gasteiger partial charge in [-0.1, -0.05) is 12.1 Å². The highest BCUT2D eigenvalue weighted by Crippen LogP contribution is 2.33. The molecule has 102 valence electrons. The predicted molar refractivity (Wildman–Crippen MR) is 75.5 cm³/mol. The van der Waals surface area contributed by atoms with Crippen molar-refractivity contribution < 1.29 is 4.79 Å². The molecule has 2 saturated heterocycles. The highest BCUT2D eigenvalue weighted by molar-refractivity contribution is 5.82. The number of hydrogen-bond acceptors (Lipinski definition) is 3. The zero-order chi connectivity index (χ0) is 13.4. The number of nitrogens with zero attached hydrogens (tertiary/aromatic N) is 1. The summed E-state index contributed by atoms with van der Waals surface area (Å²) in [6, 6.07) is 8.77. The van der Waals surface area contributed by atoms with E-state index in [-0.39, 0.29) is 11.8 Å². The minimum absolute atomic E-state index is 0.185. The molecule has 1 aromatic carbocycles. The number of rotatable bonds is 2. The second-order valence-corrected chi connectivity index (χ2v) is 5.64. The van der Waals surface area contributed by atoms with Crippen LogP contribution in [0.4, 0.5) is 5.69 Å². The van der Waals surface area contributed by atoms with Crippen LogP contribution in [-0.2, 0) is 4.79 Å². The summed E-state index contributed by atoms with van der Waals surface area (Å²) in [6.07, 6.45) is 2.13. The number of nitrogens with two attached hydrogens (primary N) is 1. The first-order valence-electron chi connectivity index (χ1n) is 7.05. The highest BCUT2D eigenvalue weighted by Gasteiger charge is 2.42. The van der Waals surface area contributed by atoms with E-state index in [1.54, 1.807) is 0 Å². The summed E-state index contributed by atoms with van der Waals surface area (Å²) in [7, 11) is 0. The fraction of sp³-hybridized carbons (Fsp3) is 0.533. The normalized spacial score (nSPS) is 28.8. The summed E-state index contributed by atoms with van der Waals surface area (Å²) in [6.45, 7) is 4.08. The minimum Gasteiger partial charge on any atom is -0.399 e. The molecular formula is C15H21N3O. The average Bonchev–Trinajstić information content (AvgIpc) is 2.81. The third kappa shape index (κ3) is 2.21. The SMILES string of the molecule is CC(c1ccc(N)cc1)N1CCCC2C(=O)NCC21. The lowest BCUT2D eigenvalue weighted by atomic mass is 9.89. The molecule has 0 radical (unpaired) electrons. The van der Waals surface area contributed by atoms with Crippen LogP contribution in [0.5, 0.6) is 0 Å². The number of fused-ring (bicyclic) bond motifs is 1. The van der Waals surface area contributed by atoms with Crippen LogP contribution in [-0.4, -0.2) is 29.9 Å². The molecule has 0 bridgehead atoms. The van der Waals surface area contributed by atoms with Crippen LogP contribution < -0.4 is 11.1 Å². The number of piperidine rings is 1. The number of hydrogen-bond donors (Lipinski definition) is 2. The maximum absolute atomic E-state index is 11.8. The van der Waals surface area contributed by atoms with Gasteiger partial charge in [-0.15, -0.1) is 0 Å². The van der Waals surface area contributed by atoms with Crippen molar-refractivity contribution in [2.45, 2.75) is 31.8 Å². The van der Waals surface area contributed by atoms with Crippen LogP contribution >= 0.6 is 0 Å². The molecule has 3 atom stereocenters. The molecule has 2 aliphatic rings. The summed E-state index contributed by atoms with van der Waals surface area (Å²) in [5.74, 6) is 0.421. The smallest absolute Gasteiger partial charge is 0.224 e. The third-order valence-electron chi connectivity index (χ3n) is 4.56. The number of anilines is 1. The standard InChI is InChI=1S/C15H21N3O/c1-10(11-4-6-12(16)7-5-11)18-8-2-3-13-14(18)9-17-15(13)19/h4-7,10,13-14H,2-3,8-9,16H2,1H3,(H,17,19). The first-order chi connectivity index (χ1) is 9.16. The maximum Gasteiger partial charge on any atom is 0.224 e. The minimum atomic E-state index is 0.185. The van der Waals surface area contributed by atoms with Gasteiger partial charge in [0.15, 0.2) is 0 Å². The van der Waals surface area contributed by atoms with Gasteiger partial charge >= 0.3 is 0 Å². The molecule has 3 N–H and O–H groups in total. The molecule has 0 spiro atoms. The van der Waals surface area contributed by atoms with Gasteiger partial charge in [-0.05, 0) is 44.0 Å². The fourth-order valence-corrected chi connectivity index (χ4v) is 3.43. The van der Waals surface area contributed by atoms with E-state index in [1.165, 1.54) is 5.56 Å². The number of carbonyl (C=O) groups is 1. The van der Waals surface area contributed by atoms with E-state index in [1.807, 2.05) is 12.1 Å². The third-order valence-corrected chi connectivity index (χ3v) is 4.56. The molecule has 1 aromatic rings. The lowest BCUT2D eigenvalue weighted by Gasteiger charge is -2.40. The highest BCUT2D eigenvalue weighted by atomic mass is 16.2. The van der Waals surface area contributed by atoms with Crippen molar-refractivity contribution in [2.75, 3.05) is 18.8 Å². The first-order valence-corrected chi connectivity index (χ1v) is 7.05. The van der Waals surface area contributed by atoms with Gasteiger partial charge in [0, 0.05) is 24.3 Å². The Morgan fingerprint density at radius 3 is 2.84 bits per heavy atom. The summed E-state index contributed by atoms with van der Waals surface area (Å²) in [5, 5.41) is 3.01. The zero-order valence-corrected chi connectivity index (χ0v) is 11.3. The molecule has 2 aliphatic heterocycles. The Kier molecular flexibility index (Phi) is 3.19. The Morgan fingerprint density at radius 2 is 2.11 bits per heavy atom. The Labute approximate surface area is 114 Å². The molecule has 0 aromatic heterocycles. The largest absolute Gasteiger partial charge is 0.399 e. The number of likely N-dealkylation sites (tertiary alicyclic amines) is 1. The van der Waals surface area contributed by atoms with Crippen molar-refractivity contribution in [1.82, 2.24) is 10.2 Å². The molecule has 0 aliphatic carbocycles. The fourth-order valence-electron chi connectivity index (χ4n) is 3.43. The Hall–Kier alpha value is -1.55. The van der Waals surface area contributed by atoms with Crippen molar-refractivity contribution in [2.24, 2.45) is 5.92 Å². The second kappa shape index (κ2) is 4.85. The van der Waals surface area contributed by atoms with Crippen LogP contribution in [0.15, 0.2) is 24.3 Å². The van der Waals surface area contributed by atoms with E-state index >= 15 is 0 Å². The van der Waals surface area contributed by atoms with E-state index in [4.69, 9.17) is 5.73 Å². The molecular weight excluding hydrogens is 238 g/mol. The van der Waals surface area contributed by atoms with Crippen molar-refractivity contribution in [1.29, 1.82) is 0 Å². The van der Waals surface area contributed by atoms with Crippen LogP contribution in [0.25, 0.3) is 0 Å². The number of nitrogen functional groups attached to an aromatic ring is 1. The Bertz CT molecular complexity index is 471. The van der Waals surface area contributed by atoms with E-state index in [2.05, 4.69) is 29.3 Å². The van der Waals surface area contributed by atoms with Crippen molar-refractivity contribution in [3.05, 3.63) is 29.8 Å². The molecule has 2 heterocycles. The predicted octanol–water partition coefficient (Wildman–Crippen LogP) is 1.54. The molecule has 4 heteroatoms. The summed E-state index contributed by atoms with van der Waals surface area (Å²) in [5.41, 5.74) is 7.81.